The second-order valence-corrected chi connectivity index (χ2v) is 7.23. The molecule has 1 saturated heterocycles. The van der Waals surface area contributed by atoms with E-state index in [0.29, 0.717) is 23.9 Å². The fourth-order valence-corrected chi connectivity index (χ4v) is 3.40. The van der Waals surface area contributed by atoms with Crippen LogP contribution in [0, 0.1) is 0 Å². The zero-order valence-electron chi connectivity index (χ0n) is 15.7. The highest BCUT2D eigenvalue weighted by atomic mass is 16.5. The van der Waals surface area contributed by atoms with Gasteiger partial charge in [-0.2, -0.15) is 0 Å². The van der Waals surface area contributed by atoms with E-state index in [1.54, 1.807) is 19.5 Å². The predicted octanol–water partition coefficient (Wildman–Crippen LogP) is 2.11. The standard InChI is InChI=1S/C20H25N5O2/c1-27-18-6-3-15(11-21-18)14-24-7-2-8-25(10-9-24)20(26)17-12-22-19(23-13-17)16-4-5-16/h3,6,11-13,16H,2,4-5,7-10,14H2,1H3. The van der Waals surface area contributed by atoms with E-state index in [2.05, 4.69) is 19.9 Å². The summed E-state index contributed by atoms with van der Waals surface area (Å²) >= 11 is 0. The Hall–Kier alpha value is -2.54. The number of amides is 1. The Bertz CT molecular complexity index is 774. The Labute approximate surface area is 159 Å². The maximum absolute atomic E-state index is 12.8. The lowest BCUT2D eigenvalue weighted by molar-refractivity contribution is 0.0760. The van der Waals surface area contributed by atoms with Crippen molar-refractivity contribution in [1.82, 2.24) is 24.8 Å². The van der Waals surface area contributed by atoms with Gasteiger partial charge in [-0.05, 0) is 24.8 Å². The molecule has 0 unspecified atom stereocenters. The highest BCUT2D eigenvalue weighted by molar-refractivity contribution is 5.93. The van der Waals surface area contributed by atoms with Gasteiger partial charge in [0.25, 0.3) is 5.91 Å². The van der Waals surface area contributed by atoms with Crippen LogP contribution < -0.4 is 4.74 Å². The summed E-state index contributed by atoms with van der Waals surface area (Å²) in [7, 11) is 1.62. The molecule has 1 aliphatic carbocycles. The van der Waals surface area contributed by atoms with Crippen LogP contribution in [0.2, 0.25) is 0 Å². The van der Waals surface area contributed by atoms with E-state index in [4.69, 9.17) is 4.74 Å². The molecule has 0 bridgehead atoms. The lowest BCUT2D eigenvalue weighted by atomic mass is 10.2. The van der Waals surface area contributed by atoms with Crippen LogP contribution >= 0.6 is 0 Å². The normalized spacial score (nSPS) is 18.2. The molecule has 2 fully saturated rings. The number of hydrogen-bond donors (Lipinski definition) is 0. The summed E-state index contributed by atoms with van der Waals surface area (Å²) in [6.07, 6.45) is 8.52. The van der Waals surface area contributed by atoms with Gasteiger partial charge >= 0.3 is 0 Å². The van der Waals surface area contributed by atoms with E-state index >= 15 is 0 Å². The van der Waals surface area contributed by atoms with Gasteiger partial charge in [0, 0.05) is 63.3 Å². The molecule has 7 heteroatoms. The van der Waals surface area contributed by atoms with Crippen molar-refractivity contribution in [1.29, 1.82) is 0 Å². The molecule has 7 nitrogen and oxygen atoms in total. The van der Waals surface area contributed by atoms with Crippen LogP contribution in [0.5, 0.6) is 5.88 Å². The number of pyridine rings is 1. The van der Waals surface area contributed by atoms with Crippen LogP contribution in [-0.4, -0.2) is 63.9 Å². The SMILES string of the molecule is COc1ccc(CN2CCCN(C(=O)c3cnc(C4CC4)nc3)CC2)cn1. The summed E-state index contributed by atoms with van der Waals surface area (Å²) in [6, 6.07) is 3.92. The Kier molecular flexibility index (Phi) is 5.29. The molecule has 2 aromatic rings. The fourth-order valence-electron chi connectivity index (χ4n) is 3.40. The maximum Gasteiger partial charge on any atom is 0.257 e. The minimum absolute atomic E-state index is 0.0327. The number of carbonyl (C=O) groups is 1. The topological polar surface area (TPSA) is 71.5 Å². The first-order valence-electron chi connectivity index (χ1n) is 9.55. The van der Waals surface area contributed by atoms with Crippen LogP contribution in [0.1, 0.15) is 46.9 Å². The Morgan fingerprint density at radius 3 is 2.56 bits per heavy atom. The van der Waals surface area contributed by atoms with Crippen molar-refractivity contribution < 1.29 is 9.53 Å². The van der Waals surface area contributed by atoms with Gasteiger partial charge in [0.05, 0.1) is 12.7 Å². The quantitative estimate of drug-likeness (QED) is 0.806. The van der Waals surface area contributed by atoms with E-state index in [9.17, 15) is 4.79 Å². The Morgan fingerprint density at radius 1 is 1.07 bits per heavy atom. The van der Waals surface area contributed by atoms with Gasteiger partial charge in [0.15, 0.2) is 0 Å². The molecule has 142 valence electrons. The third-order valence-electron chi connectivity index (χ3n) is 5.15. The van der Waals surface area contributed by atoms with Crippen LogP contribution in [0.4, 0.5) is 0 Å². The van der Waals surface area contributed by atoms with E-state index < -0.39 is 0 Å². The monoisotopic (exact) mass is 367 g/mol. The molecule has 1 amide bonds. The fraction of sp³-hybridized carbons (Fsp3) is 0.500. The molecule has 1 aliphatic heterocycles. The Balaban J connectivity index is 1.33. The molecular weight excluding hydrogens is 342 g/mol. The molecule has 0 atom stereocenters. The molecule has 0 N–H and O–H groups in total. The first-order valence-corrected chi connectivity index (χ1v) is 9.55. The largest absolute Gasteiger partial charge is 0.481 e. The number of hydrogen-bond acceptors (Lipinski definition) is 6. The predicted molar refractivity (Wildman–Crippen MR) is 101 cm³/mol. The number of aromatic nitrogens is 3. The summed E-state index contributed by atoms with van der Waals surface area (Å²) in [5.74, 6) is 2.04. The van der Waals surface area contributed by atoms with Crippen LogP contribution in [0.15, 0.2) is 30.7 Å². The van der Waals surface area contributed by atoms with Crippen LogP contribution in [0.25, 0.3) is 0 Å². The van der Waals surface area contributed by atoms with Gasteiger partial charge in [-0.25, -0.2) is 15.0 Å². The van der Waals surface area contributed by atoms with E-state index in [-0.39, 0.29) is 5.91 Å². The van der Waals surface area contributed by atoms with Gasteiger partial charge in [0.2, 0.25) is 5.88 Å². The van der Waals surface area contributed by atoms with E-state index in [0.717, 1.165) is 44.0 Å². The minimum Gasteiger partial charge on any atom is -0.481 e. The molecule has 4 rings (SSSR count). The molecule has 0 radical (unpaired) electrons. The average Bonchev–Trinajstić information content (AvgIpc) is 3.56. The highest BCUT2D eigenvalue weighted by Crippen LogP contribution is 2.37. The van der Waals surface area contributed by atoms with Crippen LogP contribution in [-0.2, 0) is 6.54 Å². The van der Waals surface area contributed by atoms with Gasteiger partial charge in [-0.3, -0.25) is 9.69 Å². The third-order valence-corrected chi connectivity index (χ3v) is 5.15. The summed E-state index contributed by atoms with van der Waals surface area (Å²) in [5.41, 5.74) is 1.74. The lowest BCUT2D eigenvalue weighted by Gasteiger charge is -2.22. The van der Waals surface area contributed by atoms with Gasteiger partial charge in [-0.15, -0.1) is 0 Å². The third kappa shape index (κ3) is 4.42. The molecule has 27 heavy (non-hydrogen) atoms. The number of nitrogens with zero attached hydrogens (tertiary/aromatic N) is 5. The summed E-state index contributed by atoms with van der Waals surface area (Å²) in [6.45, 7) is 4.12. The van der Waals surface area contributed by atoms with Crippen molar-refractivity contribution in [2.24, 2.45) is 0 Å². The second kappa shape index (κ2) is 8.00. The smallest absolute Gasteiger partial charge is 0.257 e. The van der Waals surface area contributed by atoms with Crippen molar-refractivity contribution in [2.45, 2.75) is 31.7 Å². The van der Waals surface area contributed by atoms with Gasteiger partial charge in [-0.1, -0.05) is 6.07 Å². The van der Waals surface area contributed by atoms with Crippen molar-refractivity contribution in [3.8, 4) is 5.88 Å². The first kappa shape index (κ1) is 17.9. The van der Waals surface area contributed by atoms with Crippen molar-refractivity contribution in [3.05, 3.63) is 47.7 Å². The molecular formula is C20H25N5O2. The van der Waals surface area contributed by atoms with Crippen LogP contribution in [0.3, 0.4) is 0 Å². The van der Waals surface area contributed by atoms with E-state index in [1.807, 2.05) is 23.2 Å². The maximum atomic E-state index is 12.8. The minimum atomic E-state index is 0.0327. The van der Waals surface area contributed by atoms with Crippen molar-refractivity contribution in [2.75, 3.05) is 33.3 Å². The molecule has 0 aromatic carbocycles. The number of ether oxygens (including phenoxy) is 1. The molecule has 1 saturated carbocycles. The van der Waals surface area contributed by atoms with E-state index in [1.165, 1.54) is 12.8 Å². The summed E-state index contributed by atoms with van der Waals surface area (Å²) in [4.78, 5) is 30.1. The highest BCUT2D eigenvalue weighted by Gasteiger charge is 2.27. The zero-order valence-corrected chi connectivity index (χ0v) is 15.7. The molecule has 2 aliphatic rings. The molecule has 3 heterocycles. The average molecular weight is 367 g/mol. The number of rotatable bonds is 5. The van der Waals surface area contributed by atoms with Gasteiger partial charge < -0.3 is 9.64 Å². The lowest BCUT2D eigenvalue weighted by Crippen LogP contribution is -2.35. The number of methoxy groups -OCH3 is 1. The first-order chi connectivity index (χ1) is 13.2. The Morgan fingerprint density at radius 2 is 1.89 bits per heavy atom. The molecule has 2 aromatic heterocycles. The number of carbonyl (C=O) groups excluding carboxylic acids is 1. The molecule has 0 spiro atoms. The summed E-state index contributed by atoms with van der Waals surface area (Å²) < 4.78 is 5.11. The van der Waals surface area contributed by atoms with Crippen molar-refractivity contribution >= 4 is 5.91 Å². The van der Waals surface area contributed by atoms with Gasteiger partial charge in [0.1, 0.15) is 5.82 Å². The zero-order chi connectivity index (χ0) is 18.6. The second-order valence-electron chi connectivity index (χ2n) is 7.23. The summed E-state index contributed by atoms with van der Waals surface area (Å²) in [5, 5.41) is 0. The van der Waals surface area contributed by atoms with Crippen molar-refractivity contribution in [3.63, 3.8) is 0 Å².